The number of aryl methyl sites for hydroxylation is 1. The first-order valence-electron chi connectivity index (χ1n) is 7.29. The number of nitrogens with one attached hydrogen (secondary N) is 1. The molecular formula is C17H27NO2. The van der Waals surface area contributed by atoms with Crippen molar-refractivity contribution in [3.05, 3.63) is 29.3 Å². The van der Waals surface area contributed by atoms with E-state index in [1.54, 1.807) is 0 Å². The maximum absolute atomic E-state index is 11.9. The molecule has 1 aromatic rings. The summed E-state index contributed by atoms with van der Waals surface area (Å²) in [5, 5.41) is 2.97. The third kappa shape index (κ3) is 4.87. The molecule has 112 valence electrons. The Labute approximate surface area is 122 Å². The Morgan fingerprint density at radius 1 is 1.35 bits per heavy atom. The number of hydrogen-bond acceptors (Lipinski definition) is 2. The zero-order chi connectivity index (χ0) is 15.3. The smallest absolute Gasteiger partial charge is 0.258 e. The number of hydrogen-bond donors (Lipinski definition) is 1. The van der Waals surface area contributed by atoms with E-state index >= 15 is 0 Å². The molecule has 0 atom stereocenters. The fourth-order valence-electron chi connectivity index (χ4n) is 1.78. The van der Waals surface area contributed by atoms with Gasteiger partial charge < -0.3 is 10.1 Å². The van der Waals surface area contributed by atoms with Crippen LogP contribution in [0.4, 0.5) is 0 Å². The first-order valence-corrected chi connectivity index (χ1v) is 7.29. The van der Waals surface area contributed by atoms with Gasteiger partial charge in [0.05, 0.1) is 0 Å². The second kappa shape index (κ2) is 6.78. The summed E-state index contributed by atoms with van der Waals surface area (Å²) in [7, 11) is 0. The summed E-state index contributed by atoms with van der Waals surface area (Å²) >= 11 is 0. The van der Waals surface area contributed by atoms with Crippen molar-refractivity contribution in [3.63, 3.8) is 0 Å². The van der Waals surface area contributed by atoms with E-state index < -0.39 is 0 Å². The lowest BCUT2D eigenvalue weighted by atomic mass is 10.0. The van der Waals surface area contributed by atoms with Crippen LogP contribution in [0.15, 0.2) is 18.2 Å². The molecule has 0 radical (unpaired) electrons. The van der Waals surface area contributed by atoms with Crippen molar-refractivity contribution in [1.82, 2.24) is 5.32 Å². The molecule has 0 aliphatic rings. The van der Waals surface area contributed by atoms with E-state index in [9.17, 15) is 4.79 Å². The standard InChI is InChI=1S/C17H27NO2/c1-7-17(5,6)18-16(19)11-20-15-10-14(12(2)3)9-8-13(15)4/h8-10,12H,7,11H2,1-6H3,(H,18,19). The van der Waals surface area contributed by atoms with Gasteiger partial charge in [-0.25, -0.2) is 0 Å². The van der Waals surface area contributed by atoms with Crippen molar-refractivity contribution >= 4 is 5.91 Å². The second-order valence-electron chi connectivity index (χ2n) is 6.25. The summed E-state index contributed by atoms with van der Waals surface area (Å²) in [6, 6.07) is 6.17. The van der Waals surface area contributed by atoms with Gasteiger partial charge in [-0.15, -0.1) is 0 Å². The molecule has 0 saturated carbocycles. The zero-order valence-corrected chi connectivity index (χ0v) is 13.5. The quantitative estimate of drug-likeness (QED) is 0.859. The summed E-state index contributed by atoms with van der Waals surface area (Å²) in [6.45, 7) is 12.4. The molecule has 0 bridgehead atoms. The van der Waals surface area contributed by atoms with Crippen LogP contribution in [0.2, 0.25) is 0 Å². The van der Waals surface area contributed by atoms with Crippen molar-refractivity contribution < 1.29 is 9.53 Å². The fraction of sp³-hybridized carbons (Fsp3) is 0.588. The molecule has 0 heterocycles. The topological polar surface area (TPSA) is 38.3 Å². The van der Waals surface area contributed by atoms with Crippen LogP contribution in [0.3, 0.4) is 0 Å². The number of rotatable bonds is 6. The van der Waals surface area contributed by atoms with Crippen LogP contribution >= 0.6 is 0 Å². The van der Waals surface area contributed by atoms with Gasteiger partial charge in [0.2, 0.25) is 0 Å². The third-order valence-corrected chi connectivity index (χ3v) is 3.60. The summed E-state index contributed by atoms with van der Waals surface area (Å²) in [5.41, 5.74) is 2.09. The van der Waals surface area contributed by atoms with Gasteiger partial charge in [0.1, 0.15) is 5.75 Å². The third-order valence-electron chi connectivity index (χ3n) is 3.60. The summed E-state index contributed by atoms with van der Waals surface area (Å²) in [5.74, 6) is 1.16. The van der Waals surface area contributed by atoms with Crippen molar-refractivity contribution in [3.8, 4) is 5.75 Å². The van der Waals surface area contributed by atoms with E-state index in [1.807, 2.05) is 32.9 Å². The van der Waals surface area contributed by atoms with Gasteiger partial charge in [0.15, 0.2) is 6.61 Å². The Morgan fingerprint density at radius 2 is 2.00 bits per heavy atom. The number of carbonyl (C=O) groups is 1. The summed E-state index contributed by atoms with van der Waals surface area (Å²) < 4.78 is 5.67. The van der Waals surface area contributed by atoms with E-state index in [4.69, 9.17) is 4.74 Å². The molecule has 0 aliphatic heterocycles. The highest BCUT2D eigenvalue weighted by Gasteiger charge is 2.18. The molecule has 0 aliphatic carbocycles. The van der Waals surface area contributed by atoms with E-state index in [-0.39, 0.29) is 18.1 Å². The number of benzene rings is 1. The highest BCUT2D eigenvalue weighted by molar-refractivity contribution is 5.78. The van der Waals surface area contributed by atoms with Crippen LogP contribution in [0.5, 0.6) is 5.75 Å². The first-order chi connectivity index (χ1) is 9.25. The number of amides is 1. The second-order valence-corrected chi connectivity index (χ2v) is 6.25. The van der Waals surface area contributed by atoms with Gasteiger partial charge >= 0.3 is 0 Å². The van der Waals surface area contributed by atoms with Crippen molar-refractivity contribution in [2.24, 2.45) is 0 Å². The van der Waals surface area contributed by atoms with E-state index in [1.165, 1.54) is 5.56 Å². The molecule has 1 N–H and O–H groups in total. The normalized spacial score (nSPS) is 11.6. The van der Waals surface area contributed by atoms with Crippen LogP contribution in [-0.4, -0.2) is 18.1 Å². The minimum atomic E-state index is -0.185. The van der Waals surface area contributed by atoms with Gasteiger partial charge in [0.25, 0.3) is 5.91 Å². The van der Waals surface area contributed by atoms with E-state index in [0.717, 1.165) is 17.7 Å². The van der Waals surface area contributed by atoms with Crippen LogP contribution < -0.4 is 10.1 Å². The van der Waals surface area contributed by atoms with Crippen molar-refractivity contribution in [2.45, 2.75) is 59.4 Å². The molecule has 0 aromatic heterocycles. The SMILES string of the molecule is CCC(C)(C)NC(=O)COc1cc(C(C)C)ccc1C. The molecular weight excluding hydrogens is 250 g/mol. The van der Waals surface area contributed by atoms with Gasteiger partial charge in [-0.2, -0.15) is 0 Å². The Morgan fingerprint density at radius 3 is 2.55 bits per heavy atom. The largest absolute Gasteiger partial charge is 0.483 e. The molecule has 1 rings (SSSR count). The summed E-state index contributed by atoms with van der Waals surface area (Å²) in [6.07, 6.45) is 0.889. The zero-order valence-electron chi connectivity index (χ0n) is 13.5. The monoisotopic (exact) mass is 277 g/mol. The lowest BCUT2D eigenvalue weighted by Gasteiger charge is -2.24. The Balaban J connectivity index is 2.66. The van der Waals surface area contributed by atoms with Crippen molar-refractivity contribution in [2.75, 3.05) is 6.61 Å². The molecule has 1 aromatic carbocycles. The molecule has 0 saturated heterocycles. The Kier molecular flexibility index (Phi) is 5.61. The van der Waals surface area contributed by atoms with Crippen LogP contribution in [0.25, 0.3) is 0 Å². The molecule has 0 spiro atoms. The Bertz CT molecular complexity index is 464. The molecule has 20 heavy (non-hydrogen) atoms. The fourth-order valence-corrected chi connectivity index (χ4v) is 1.78. The van der Waals surface area contributed by atoms with Crippen LogP contribution in [-0.2, 0) is 4.79 Å². The molecule has 0 unspecified atom stereocenters. The Hall–Kier alpha value is -1.51. The molecule has 3 heteroatoms. The predicted octanol–water partition coefficient (Wildman–Crippen LogP) is 3.80. The van der Waals surface area contributed by atoms with Gasteiger partial charge in [-0.05, 0) is 50.3 Å². The number of ether oxygens (including phenoxy) is 1. The molecule has 1 amide bonds. The van der Waals surface area contributed by atoms with E-state index in [0.29, 0.717) is 5.92 Å². The number of carbonyl (C=O) groups excluding carboxylic acids is 1. The minimum absolute atomic E-state index is 0.0613. The highest BCUT2D eigenvalue weighted by atomic mass is 16.5. The van der Waals surface area contributed by atoms with Crippen molar-refractivity contribution in [1.29, 1.82) is 0 Å². The summed E-state index contributed by atoms with van der Waals surface area (Å²) in [4.78, 5) is 11.9. The minimum Gasteiger partial charge on any atom is -0.483 e. The average molecular weight is 277 g/mol. The lowest BCUT2D eigenvalue weighted by molar-refractivity contribution is -0.124. The predicted molar refractivity (Wildman–Crippen MR) is 83.3 cm³/mol. The molecule has 3 nitrogen and oxygen atoms in total. The van der Waals surface area contributed by atoms with Crippen LogP contribution in [0.1, 0.15) is 58.1 Å². The van der Waals surface area contributed by atoms with Gasteiger partial charge in [0, 0.05) is 5.54 Å². The highest BCUT2D eigenvalue weighted by Crippen LogP contribution is 2.24. The molecule has 0 fully saturated rings. The maximum atomic E-state index is 11.9. The average Bonchev–Trinajstić information content (AvgIpc) is 2.37. The van der Waals surface area contributed by atoms with E-state index in [2.05, 4.69) is 32.2 Å². The van der Waals surface area contributed by atoms with Gasteiger partial charge in [-0.1, -0.05) is 32.9 Å². The maximum Gasteiger partial charge on any atom is 0.258 e. The first kappa shape index (κ1) is 16.5. The van der Waals surface area contributed by atoms with Gasteiger partial charge in [-0.3, -0.25) is 4.79 Å². The van der Waals surface area contributed by atoms with Crippen LogP contribution in [0, 0.1) is 6.92 Å². The lowest BCUT2D eigenvalue weighted by Crippen LogP contribution is -2.44.